The van der Waals surface area contributed by atoms with E-state index in [1.165, 1.54) is 52.7 Å². The van der Waals surface area contributed by atoms with Gasteiger partial charge < -0.3 is 5.11 Å². The molecule has 0 aromatic heterocycles. The van der Waals surface area contributed by atoms with Crippen molar-refractivity contribution in [1.82, 2.24) is 0 Å². The first-order valence-electron chi connectivity index (χ1n) is 15.7. The minimum absolute atomic E-state index is 0.0142. The fourth-order valence-electron chi connectivity index (χ4n) is 6.44. The Labute approximate surface area is 253 Å². The monoisotopic (exact) mass is 554 g/mol. The molecule has 2 rings (SSSR count). The Morgan fingerprint density at radius 3 is 1.80 bits per heavy atom. The summed E-state index contributed by atoms with van der Waals surface area (Å²) in [5.74, 6) is 1.43. The lowest BCUT2D eigenvalue weighted by atomic mass is 9.64. The van der Waals surface area contributed by atoms with Crippen LogP contribution in [0.3, 0.4) is 0 Å². The molecule has 2 aliphatic carbocycles. The zero-order chi connectivity index (χ0) is 30.6. The van der Waals surface area contributed by atoms with Gasteiger partial charge in [-0.1, -0.05) is 160 Å². The van der Waals surface area contributed by atoms with E-state index in [2.05, 4.69) is 154 Å². The fourth-order valence-corrected chi connectivity index (χ4v) is 6.44. The molecule has 0 aromatic carbocycles. The van der Waals surface area contributed by atoms with Crippen molar-refractivity contribution < 1.29 is 5.11 Å². The van der Waals surface area contributed by atoms with E-state index in [4.69, 9.17) is 0 Å². The first-order chi connectivity index (χ1) is 19.2. The molecule has 0 amide bonds. The standard InChI is InChI=1S/C40H58O/c1-30(18-13-20-32(3)23-25-37-34(5)22-15-27-39(37,7)8)16-11-12-17-31(2)19-14-21-33(4)24-26-38-35(6)28-36(41)29-40(38,9)10/h11-14,16-21,23-26,34,36-37,41H,15,22,27-29H2,1-10H3/b12-11+,18-13+,19-14+,25-23+,26-24+,30-16+,31-17+,32-20+,33-21+/t34?,36-,37?/m1/s1. The van der Waals surface area contributed by atoms with Crippen LogP contribution in [0.25, 0.3) is 0 Å². The van der Waals surface area contributed by atoms with E-state index in [9.17, 15) is 5.11 Å². The van der Waals surface area contributed by atoms with E-state index in [0.29, 0.717) is 11.3 Å². The summed E-state index contributed by atoms with van der Waals surface area (Å²) in [5, 5.41) is 10.1. The van der Waals surface area contributed by atoms with E-state index in [-0.39, 0.29) is 11.5 Å². The normalized spacial score (nSPS) is 27.0. The van der Waals surface area contributed by atoms with Crippen LogP contribution in [0.1, 0.15) is 101 Å². The quantitative estimate of drug-likeness (QED) is 0.266. The van der Waals surface area contributed by atoms with Gasteiger partial charge in [-0.05, 0) is 82.1 Å². The third-order valence-electron chi connectivity index (χ3n) is 8.82. The summed E-state index contributed by atoms with van der Waals surface area (Å²) in [6.07, 6.45) is 36.0. The van der Waals surface area contributed by atoms with Gasteiger partial charge >= 0.3 is 0 Å². The average Bonchev–Trinajstić information content (AvgIpc) is 2.84. The predicted molar refractivity (Wildman–Crippen MR) is 183 cm³/mol. The van der Waals surface area contributed by atoms with Crippen LogP contribution >= 0.6 is 0 Å². The molecule has 0 aliphatic heterocycles. The van der Waals surface area contributed by atoms with Gasteiger partial charge in [-0.2, -0.15) is 0 Å². The van der Waals surface area contributed by atoms with Gasteiger partial charge in [-0.25, -0.2) is 0 Å². The highest BCUT2D eigenvalue weighted by molar-refractivity contribution is 5.38. The van der Waals surface area contributed by atoms with Gasteiger partial charge in [-0.3, -0.25) is 0 Å². The van der Waals surface area contributed by atoms with Gasteiger partial charge in [0, 0.05) is 0 Å². The Kier molecular flexibility index (Phi) is 13.6. The van der Waals surface area contributed by atoms with Crippen molar-refractivity contribution >= 4 is 0 Å². The van der Waals surface area contributed by atoms with Crippen molar-refractivity contribution in [2.24, 2.45) is 22.7 Å². The molecule has 0 aromatic rings. The van der Waals surface area contributed by atoms with Crippen molar-refractivity contribution in [2.45, 2.75) is 107 Å². The second-order valence-corrected chi connectivity index (χ2v) is 14.0. The molecule has 0 spiro atoms. The van der Waals surface area contributed by atoms with Crippen LogP contribution in [0.5, 0.6) is 0 Å². The van der Waals surface area contributed by atoms with E-state index in [1.54, 1.807) is 0 Å². The van der Waals surface area contributed by atoms with Gasteiger partial charge in [0.25, 0.3) is 0 Å². The molecule has 0 radical (unpaired) electrons. The second-order valence-electron chi connectivity index (χ2n) is 14.0. The molecule has 1 heteroatoms. The second kappa shape index (κ2) is 16.1. The number of aliphatic hydroxyl groups is 1. The smallest absolute Gasteiger partial charge is 0.0585 e. The molecule has 0 heterocycles. The third-order valence-corrected chi connectivity index (χ3v) is 8.82. The van der Waals surface area contributed by atoms with Crippen LogP contribution in [0.4, 0.5) is 0 Å². The van der Waals surface area contributed by atoms with Crippen LogP contribution < -0.4 is 0 Å². The Morgan fingerprint density at radius 1 is 0.756 bits per heavy atom. The Morgan fingerprint density at radius 2 is 1.27 bits per heavy atom. The van der Waals surface area contributed by atoms with E-state index >= 15 is 0 Å². The third kappa shape index (κ3) is 12.0. The maximum Gasteiger partial charge on any atom is 0.0585 e. The van der Waals surface area contributed by atoms with E-state index in [1.807, 2.05) is 0 Å². The molecule has 1 fully saturated rings. The highest BCUT2D eigenvalue weighted by atomic mass is 16.3. The van der Waals surface area contributed by atoms with Crippen LogP contribution in [-0.2, 0) is 0 Å². The molecule has 224 valence electrons. The molecular weight excluding hydrogens is 496 g/mol. The van der Waals surface area contributed by atoms with Gasteiger partial charge in [0.05, 0.1) is 6.10 Å². The predicted octanol–water partition coefficient (Wildman–Crippen LogP) is 11.5. The maximum atomic E-state index is 10.1. The lowest BCUT2D eigenvalue weighted by Gasteiger charge is -2.41. The Bertz CT molecular complexity index is 1180. The minimum Gasteiger partial charge on any atom is -0.393 e. The molecule has 2 unspecified atom stereocenters. The highest BCUT2D eigenvalue weighted by Gasteiger charge is 2.35. The van der Waals surface area contributed by atoms with Gasteiger partial charge in [0.15, 0.2) is 0 Å². The zero-order valence-electron chi connectivity index (χ0n) is 27.8. The van der Waals surface area contributed by atoms with Crippen molar-refractivity contribution in [3.05, 3.63) is 119 Å². The van der Waals surface area contributed by atoms with Gasteiger partial charge in [-0.15, -0.1) is 0 Å². The van der Waals surface area contributed by atoms with Crippen LogP contribution in [0, 0.1) is 22.7 Å². The molecule has 0 bridgehead atoms. The fraction of sp³-hybridized carbons (Fsp3) is 0.500. The summed E-state index contributed by atoms with van der Waals surface area (Å²) < 4.78 is 0. The van der Waals surface area contributed by atoms with Gasteiger partial charge in [0.2, 0.25) is 0 Å². The van der Waals surface area contributed by atoms with Crippen LogP contribution in [-0.4, -0.2) is 11.2 Å². The molecule has 0 saturated heterocycles. The van der Waals surface area contributed by atoms with Crippen molar-refractivity contribution in [3.63, 3.8) is 0 Å². The molecule has 1 nitrogen and oxygen atoms in total. The summed E-state index contributed by atoms with van der Waals surface area (Å²) in [5.41, 5.74) is 8.02. The highest BCUT2D eigenvalue weighted by Crippen LogP contribution is 2.44. The number of hydrogen-bond acceptors (Lipinski definition) is 1. The zero-order valence-corrected chi connectivity index (χ0v) is 27.8. The van der Waals surface area contributed by atoms with Gasteiger partial charge in [0.1, 0.15) is 0 Å². The molecule has 41 heavy (non-hydrogen) atoms. The summed E-state index contributed by atoms with van der Waals surface area (Å²) >= 11 is 0. The van der Waals surface area contributed by atoms with Crippen molar-refractivity contribution in [2.75, 3.05) is 0 Å². The largest absolute Gasteiger partial charge is 0.393 e. The molecule has 1 saturated carbocycles. The van der Waals surface area contributed by atoms with E-state index < -0.39 is 0 Å². The molecular formula is C40H58O. The molecule has 3 atom stereocenters. The lowest BCUT2D eigenvalue weighted by Crippen LogP contribution is -2.32. The summed E-state index contributed by atoms with van der Waals surface area (Å²) in [4.78, 5) is 0. The van der Waals surface area contributed by atoms with Crippen LogP contribution in [0.2, 0.25) is 0 Å². The number of hydrogen-bond donors (Lipinski definition) is 1. The number of allylic oxidation sites excluding steroid dienone is 19. The summed E-state index contributed by atoms with van der Waals surface area (Å²) in [6.45, 7) is 22.4. The van der Waals surface area contributed by atoms with Crippen molar-refractivity contribution in [1.29, 1.82) is 0 Å². The topological polar surface area (TPSA) is 20.2 Å². The SMILES string of the molecule is CC1=C(/C=C/C(C)=C/C=C/C(C)=C/C=C/C=C(C)/C=C/C=C(C)/C=C/C2C(C)CCCC2(C)C)C(C)(C)C[C@H](O)C1. The van der Waals surface area contributed by atoms with Crippen molar-refractivity contribution in [3.8, 4) is 0 Å². The number of rotatable bonds is 10. The first kappa shape index (κ1) is 34.6. The Balaban J connectivity index is 1.88. The lowest BCUT2D eigenvalue weighted by molar-refractivity contribution is 0.116. The summed E-state index contributed by atoms with van der Waals surface area (Å²) in [6, 6.07) is 0. The minimum atomic E-state index is -0.219. The van der Waals surface area contributed by atoms with E-state index in [0.717, 1.165) is 18.8 Å². The number of aliphatic hydroxyl groups excluding tert-OH is 1. The Hall–Kier alpha value is -2.64. The first-order valence-corrected chi connectivity index (χ1v) is 15.7. The summed E-state index contributed by atoms with van der Waals surface area (Å²) in [7, 11) is 0. The maximum absolute atomic E-state index is 10.1. The van der Waals surface area contributed by atoms with Crippen LogP contribution in [0.15, 0.2) is 119 Å². The molecule has 1 N–H and O–H groups in total. The molecule has 2 aliphatic rings. The average molecular weight is 555 g/mol.